The molecule has 1 N–H and O–H groups in total. The monoisotopic (exact) mass is 237 g/mol. The van der Waals surface area contributed by atoms with Crippen molar-refractivity contribution in [2.24, 2.45) is 5.92 Å². The maximum absolute atomic E-state index is 4.46. The van der Waals surface area contributed by atoms with E-state index in [0.717, 1.165) is 26.1 Å². The molecule has 17 heavy (non-hydrogen) atoms. The van der Waals surface area contributed by atoms with Crippen molar-refractivity contribution in [2.45, 2.75) is 53.0 Å². The molecular weight excluding hydrogens is 210 g/mol. The Kier molecular flexibility index (Phi) is 6.94. The Bertz CT molecular complexity index is 293. The smallest absolute Gasteiger partial charge is 0.108 e. The van der Waals surface area contributed by atoms with Crippen molar-refractivity contribution in [3.63, 3.8) is 0 Å². The van der Waals surface area contributed by atoms with Gasteiger partial charge in [-0.25, -0.2) is 4.98 Å². The quantitative estimate of drug-likeness (QED) is 0.669. The average Bonchev–Trinajstić information content (AvgIpc) is 2.73. The summed E-state index contributed by atoms with van der Waals surface area (Å²) < 4.78 is 2.29. The number of aryl methyl sites for hydroxylation is 1. The normalized spacial score (nSPS) is 12.9. The van der Waals surface area contributed by atoms with Gasteiger partial charge in [0.2, 0.25) is 0 Å². The Balaban J connectivity index is 2.29. The van der Waals surface area contributed by atoms with Crippen LogP contribution >= 0.6 is 0 Å². The predicted molar refractivity (Wildman–Crippen MR) is 73.2 cm³/mol. The highest BCUT2D eigenvalue weighted by atomic mass is 15.1. The van der Waals surface area contributed by atoms with Gasteiger partial charge in [0.25, 0.3) is 0 Å². The summed E-state index contributed by atoms with van der Waals surface area (Å²) >= 11 is 0. The summed E-state index contributed by atoms with van der Waals surface area (Å²) in [5.41, 5.74) is 0. The number of hydrogen-bond acceptors (Lipinski definition) is 2. The molecule has 0 fully saturated rings. The van der Waals surface area contributed by atoms with Gasteiger partial charge in [-0.05, 0) is 38.3 Å². The first-order valence-electron chi connectivity index (χ1n) is 6.98. The van der Waals surface area contributed by atoms with Crippen molar-refractivity contribution in [1.82, 2.24) is 14.9 Å². The van der Waals surface area contributed by atoms with Gasteiger partial charge < -0.3 is 9.88 Å². The predicted octanol–water partition coefficient (Wildman–Crippen LogP) is 2.86. The molecule has 3 heteroatoms. The lowest BCUT2D eigenvalue weighted by Crippen LogP contribution is -2.19. The van der Waals surface area contributed by atoms with Crippen molar-refractivity contribution in [2.75, 3.05) is 13.1 Å². The molecule has 0 saturated heterocycles. The summed E-state index contributed by atoms with van der Waals surface area (Å²) in [5.74, 6) is 1.95. The lowest BCUT2D eigenvalue weighted by Gasteiger charge is -2.13. The minimum Gasteiger partial charge on any atom is -0.335 e. The highest BCUT2D eigenvalue weighted by molar-refractivity contribution is 4.93. The number of aromatic nitrogens is 2. The summed E-state index contributed by atoms with van der Waals surface area (Å²) in [5, 5.41) is 3.46. The third-order valence-corrected chi connectivity index (χ3v) is 3.04. The first kappa shape index (κ1) is 14.2. The largest absolute Gasteiger partial charge is 0.335 e. The number of rotatable bonds is 9. The van der Waals surface area contributed by atoms with E-state index in [1.54, 1.807) is 0 Å². The van der Waals surface area contributed by atoms with Gasteiger partial charge in [-0.3, -0.25) is 0 Å². The maximum Gasteiger partial charge on any atom is 0.108 e. The third kappa shape index (κ3) is 5.35. The van der Waals surface area contributed by atoms with Crippen molar-refractivity contribution < 1.29 is 0 Å². The Morgan fingerprint density at radius 1 is 1.29 bits per heavy atom. The van der Waals surface area contributed by atoms with Gasteiger partial charge in [-0.2, -0.15) is 0 Å². The molecule has 1 aromatic heterocycles. The fourth-order valence-corrected chi connectivity index (χ4v) is 2.04. The van der Waals surface area contributed by atoms with Crippen LogP contribution in [0.2, 0.25) is 0 Å². The molecule has 0 spiro atoms. The van der Waals surface area contributed by atoms with Gasteiger partial charge in [0.05, 0.1) is 0 Å². The standard InChI is InChI=1S/C14H27N3/c1-4-7-15-8-6-13(3)12-14-16-9-11-17(14)10-5-2/h9,11,13,15H,4-8,10,12H2,1-3H3. The zero-order valence-corrected chi connectivity index (χ0v) is 11.6. The van der Waals surface area contributed by atoms with E-state index in [-0.39, 0.29) is 0 Å². The van der Waals surface area contributed by atoms with Crippen LogP contribution in [0.1, 0.15) is 45.9 Å². The van der Waals surface area contributed by atoms with Gasteiger partial charge in [-0.1, -0.05) is 20.8 Å². The molecule has 0 amide bonds. The molecule has 0 aliphatic rings. The van der Waals surface area contributed by atoms with E-state index in [9.17, 15) is 0 Å². The Morgan fingerprint density at radius 3 is 2.82 bits per heavy atom. The van der Waals surface area contributed by atoms with Crippen LogP contribution in [0.25, 0.3) is 0 Å². The molecule has 98 valence electrons. The third-order valence-electron chi connectivity index (χ3n) is 3.04. The minimum absolute atomic E-state index is 0.706. The second kappa shape index (κ2) is 8.29. The zero-order chi connectivity index (χ0) is 12.5. The summed E-state index contributed by atoms with van der Waals surface area (Å²) in [6.07, 6.45) is 8.75. The van der Waals surface area contributed by atoms with Gasteiger partial charge in [-0.15, -0.1) is 0 Å². The van der Waals surface area contributed by atoms with E-state index in [1.165, 1.54) is 25.1 Å². The molecule has 0 aliphatic carbocycles. The first-order chi connectivity index (χ1) is 8.27. The van der Waals surface area contributed by atoms with E-state index in [0.29, 0.717) is 5.92 Å². The van der Waals surface area contributed by atoms with E-state index in [4.69, 9.17) is 0 Å². The second-order valence-corrected chi connectivity index (χ2v) is 4.88. The Labute approximate surface area is 106 Å². The molecule has 0 radical (unpaired) electrons. The lowest BCUT2D eigenvalue weighted by molar-refractivity contribution is 0.476. The second-order valence-electron chi connectivity index (χ2n) is 4.88. The topological polar surface area (TPSA) is 29.9 Å². The van der Waals surface area contributed by atoms with E-state index in [1.807, 2.05) is 6.20 Å². The van der Waals surface area contributed by atoms with Crippen LogP contribution in [-0.4, -0.2) is 22.6 Å². The van der Waals surface area contributed by atoms with Gasteiger partial charge in [0, 0.05) is 25.4 Å². The van der Waals surface area contributed by atoms with E-state index < -0.39 is 0 Å². The summed E-state index contributed by atoms with van der Waals surface area (Å²) in [4.78, 5) is 4.46. The molecular formula is C14H27N3. The fourth-order valence-electron chi connectivity index (χ4n) is 2.04. The van der Waals surface area contributed by atoms with Crippen LogP contribution in [0.15, 0.2) is 12.4 Å². The molecule has 0 saturated carbocycles. The summed E-state index contributed by atoms with van der Waals surface area (Å²) in [6.45, 7) is 10.1. The molecule has 1 rings (SSSR count). The maximum atomic E-state index is 4.46. The van der Waals surface area contributed by atoms with Crippen molar-refractivity contribution in [3.05, 3.63) is 18.2 Å². The first-order valence-corrected chi connectivity index (χ1v) is 6.98. The number of hydrogen-bond donors (Lipinski definition) is 1. The fraction of sp³-hybridized carbons (Fsp3) is 0.786. The lowest BCUT2D eigenvalue weighted by atomic mass is 10.0. The van der Waals surface area contributed by atoms with Crippen LogP contribution in [0.3, 0.4) is 0 Å². The highest BCUT2D eigenvalue weighted by Gasteiger charge is 2.08. The molecule has 0 aromatic carbocycles. The van der Waals surface area contributed by atoms with Gasteiger partial charge in [0.1, 0.15) is 5.82 Å². The average molecular weight is 237 g/mol. The Hall–Kier alpha value is -0.830. The molecule has 0 aliphatic heterocycles. The van der Waals surface area contributed by atoms with Crippen molar-refractivity contribution in [3.8, 4) is 0 Å². The van der Waals surface area contributed by atoms with Gasteiger partial charge >= 0.3 is 0 Å². The Morgan fingerprint density at radius 2 is 2.12 bits per heavy atom. The van der Waals surface area contributed by atoms with Crippen LogP contribution in [0, 0.1) is 5.92 Å². The van der Waals surface area contributed by atoms with Crippen LogP contribution in [-0.2, 0) is 13.0 Å². The van der Waals surface area contributed by atoms with Crippen molar-refractivity contribution in [1.29, 1.82) is 0 Å². The summed E-state index contributed by atoms with van der Waals surface area (Å²) in [6, 6.07) is 0. The molecule has 1 heterocycles. The molecule has 3 nitrogen and oxygen atoms in total. The molecule has 1 unspecified atom stereocenters. The van der Waals surface area contributed by atoms with Crippen molar-refractivity contribution >= 4 is 0 Å². The minimum atomic E-state index is 0.706. The number of nitrogens with one attached hydrogen (secondary N) is 1. The highest BCUT2D eigenvalue weighted by Crippen LogP contribution is 2.10. The SMILES string of the molecule is CCCNCCC(C)Cc1nccn1CCC. The molecule has 1 aromatic rings. The number of nitrogens with zero attached hydrogens (tertiary/aromatic N) is 2. The van der Waals surface area contributed by atoms with E-state index in [2.05, 4.69) is 41.8 Å². The van der Waals surface area contributed by atoms with Crippen LogP contribution in [0.5, 0.6) is 0 Å². The van der Waals surface area contributed by atoms with Crippen LogP contribution in [0.4, 0.5) is 0 Å². The van der Waals surface area contributed by atoms with Gasteiger partial charge in [0.15, 0.2) is 0 Å². The van der Waals surface area contributed by atoms with E-state index >= 15 is 0 Å². The molecule has 0 bridgehead atoms. The summed E-state index contributed by atoms with van der Waals surface area (Å²) in [7, 11) is 0. The molecule has 1 atom stereocenters. The zero-order valence-electron chi connectivity index (χ0n) is 11.6. The van der Waals surface area contributed by atoms with Crippen LogP contribution < -0.4 is 5.32 Å². The number of imidazole rings is 1.